The van der Waals surface area contributed by atoms with Crippen molar-refractivity contribution in [2.45, 2.75) is 51.0 Å². The summed E-state index contributed by atoms with van der Waals surface area (Å²) in [6.07, 6.45) is 8.25. The first-order valence-corrected chi connectivity index (χ1v) is 7.01. The Morgan fingerprint density at radius 3 is 2.53 bits per heavy atom. The van der Waals surface area contributed by atoms with Crippen LogP contribution < -0.4 is 5.32 Å². The first-order chi connectivity index (χ1) is 8.36. The van der Waals surface area contributed by atoms with E-state index in [2.05, 4.69) is 5.32 Å². The van der Waals surface area contributed by atoms with Crippen LogP contribution in [0.2, 0.25) is 0 Å². The summed E-state index contributed by atoms with van der Waals surface area (Å²) in [7, 11) is 0. The molecule has 1 N–H and O–H groups in total. The number of likely N-dealkylation sites (tertiary alicyclic amines) is 1. The van der Waals surface area contributed by atoms with Crippen LogP contribution in [0.15, 0.2) is 0 Å². The second kappa shape index (κ2) is 6.84. The molecule has 0 spiro atoms. The van der Waals surface area contributed by atoms with Crippen LogP contribution in [0.3, 0.4) is 0 Å². The van der Waals surface area contributed by atoms with Crippen molar-refractivity contribution in [2.75, 3.05) is 26.2 Å². The van der Waals surface area contributed by atoms with E-state index in [0.717, 1.165) is 38.9 Å². The minimum absolute atomic E-state index is 0.112. The van der Waals surface area contributed by atoms with Crippen molar-refractivity contribution in [2.24, 2.45) is 0 Å². The van der Waals surface area contributed by atoms with E-state index in [9.17, 15) is 4.79 Å². The van der Waals surface area contributed by atoms with Crippen LogP contribution in [-0.4, -0.2) is 43.3 Å². The number of nitrogens with zero attached hydrogens (tertiary/aromatic N) is 1. The summed E-state index contributed by atoms with van der Waals surface area (Å²) in [5.41, 5.74) is 0. The lowest BCUT2D eigenvalue weighted by molar-refractivity contribution is 0.0904. The van der Waals surface area contributed by atoms with Crippen molar-refractivity contribution in [3.8, 4) is 0 Å². The van der Waals surface area contributed by atoms with Gasteiger partial charge < -0.3 is 15.0 Å². The average molecular weight is 240 g/mol. The third kappa shape index (κ3) is 4.19. The summed E-state index contributed by atoms with van der Waals surface area (Å²) in [5, 5.41) is 3.39. The van der Waals surface area contributed by atoms with Crippen LogP contribution in [0.1, 0.15) is 44.9 Å². The van der Waals surface area contributed by atoms with Gasteiger partial charge in [0.15, 0.2) is 0 Å². The summed E-state index contributed by atoms with van der Waals surface area (Å²) in [5.74, 6) is 0. The number of carbonyl (C=O) groups is 1. The molecule has 1 atom stereocenters. The Kier molecular flexibility index (Phi) is 5.10. The predicted octanol–water partition coefficient (Wildman–Crippen LogP) is 2.14. The Morgan fingerprint density at radius 2 is 1.88 bits per heavy atom. The van der Waals surface area contributed by atoms with Crippen LogP contribution in [0.4, 0.5) is 4.79 Å². The second-order valence-electron chi connectivity index (χ2n) is 5.13. The van der Waals surface area contributed by atoms with Gasteiger partial charge in [-0.15, -0.1) is 0 Å². The monoisotopic (exact) mass is 240 g/mol. The standard InChI is InChI=1S/C13H24N2O2/c16-13(15-9-5-1-2-6-10-15)17-11-12-7-3-4-8-14-12/h12,14H,1-11H2/t12-/m1/s1. The van der Waals surface area contributed by atoms with E-state index in [4.69, 9.17) is 4.74 Å². The molecule has 17 heavy (non-hydrogen) atoms. The number of carbonyl (C=O) groups excluding carboxylic acids is 1. The molecule has 98 valence electrons. The van der Waals surface area contributed by atoms with Crippen LogP contribution in [-0.2, 0) is 4.74 Å². The molecule has 2 aliphatic heterocycles. The largest absolute Gasteiger partial charge is 0.448 e. The van der Waals surface area contributed by atoms with E-state index in [1.807, 2.05) is 4.90 Å². The zero-order valence-electron chi connectivity index (χ0n) is 10.6. The second-order valence-corrected chi connectivity index (χ2v) is 5.13. The maximum Gasteiger partial charge on any atom is 0.409 e. The molecule has 0 saturated carbocycles. The molecular weight excluding hydrogens is 216 g/mol. The fourth-order valence-corrected chi connectivity index (χ4v) is 2.58. The molecule has 2 aliphatic rings. The minimum Gasteiger partial charge on any atom is -0.448 e. The highest BCUT2D eigenvalue weighted by Crippen LogP contribution is 2.12. The minimum atomic E-state index is -0.112. The third-order valence-electron chi connectivity index (χ3n) is 3.68. The molecule has 1 amide bonds. The maximum atomic E-state index is 11.9. The summed E-state index contributed by atoms with van der Waals surface area (Å²) in [4.78, 5) is 13.7. The third-order valence-corrected chi connectivity index (χ3v) is 3.68. The fraction of sp³-hybridized carbons (Fsp3) is 0.923. The van der Waals surface area contributed by atoms with Crippen LogP contribution in [0, 0.1) is 0 Å². The molecule has 2 saturated heterocycles. The number of hydrogen-bond donors (Lipinski definition) is 1. The SMILES string of the molecule is O=C(OC[C@H]1CCCCN1)N1CCCCCC1. The molecule has 2 fully saturated rings. The van der Waals surface area contributed by atoms with Crippen molar-refractivity contribution in [1.82, 2.24) is 10.2 Å². The van der Waals surface area contributed by atoms with Gasteiger partial charge in [0.2, 0.25) is 0 Å². The number of amides is 1. The topological polar surface area (TPSA) is 41.6 Å². The molecule has 0 radical (unpaired) electrons. The highest BCUT2D eigenvalue weighted by molar-refractivity contribution is 5.67. The Bertz CT molecular complexity index is 232. The molecule has 0 aliphatic carbocycles. The molecule has 0 unspecified atom stereocenters. The van der Waals surface area contributed by atoms with Crippen molar-refractivity contribution in [3.63, 3.8) is 0 Å². The van der Waals surface area contributed by atoms with Gasteiger partial charge in [-0.05, 0) is 32.2 Å². The normalized spacial score (nSPS) is 26.4. The molecule has 0 bridgehead atoms. The lowest BCUT2D eigenvalue weighted by atomic mass is 10.1. The summed E-state index contributed by atoms with van der Waals surface area (Å²) in [6, 6.07) is 0.375. The molecular formula is C13H24N2O2. The van der Waals surface area contributed by atoms with Crippen LogP contribution in [0.25, 0.3) is 0 Å². The average Bonchev–Trinajstić information content (AvgIpc) is 2.66. The van der Waals surface area contributed by atoms with Gasteiger partial charge in [-0.3, -0.25) is 0 Å². The molecule has 0 aromatic rings. The Hall–Kier alpha value is -0.770. The first kappa shape index (κ1) is 12.7. The molecule has 4 heteroatoms. The van der Waals surface area contributed by atoms with E-state index >= 15 is 0 Å². The van der Waals surface area contributed by atoms with Gasteiger partial charge in [0.05, 0.1) is 0 Å². The smallest absolute Gasteiger partial charge is 0.409 e. The number of rotatable bonds is 2. The number of piperidine rings is 1. The first-order valence-electron chi connectivity index (χ1n) is 7.01. The summed E-state index contributed by atoms with van der Waals surface area (Å²) < 4.78 is 5.40. The van der Waals surface area contributed by atoms with Gasteiger partial charge in [-0.2, -0.15) is 0 Å². The number of nitrogens with one attached hydrogen (secondary N) is 1. The van der Waals surface area contributed by atoms with E-state index in [-0.39, 0.29) is 6.09 Å². The van der Waals surface area contributed by atoms with Gasteiger partial charge in [0.1, 0.15) is 6.61 Å². The maximum absolute atomic E-state index is 11.9. The predicted molar refractivity (Wildman–Crippen MR) is 67.0 cm³/mol. The van der Waals surface area contributed by atoms with Gasteiger partial charge >= 0.3 is 6.09 Å². The summed E-state index contributed by atoms with van der Waals surface area (Å²) >= 11 is 0. The Labute approximate surface area is 104 Å². The Balaban J connectivity index is 1.68. The number of hydrogen-bond acceptors (Lipinski definition) is 3. The van der Waals surface area contributed by atoms with Crippen molar-refractivity contribution < 1.29 is 9.53 Å². The van der Waals surface area contributed by atoms with Gasteiger partial charge in [0, 0.05) is 19.1 Å². The van der Waals surface area contributed by atoms with Crippen molar-refractivity contribution in [3.05, 3.63) is 0 Å². The Morgan fingerprint density at radius 1 is 1.12 bits per heavy atom. The molecule has 2 heterocycles. The van der Waals surface area contributed by atoms with E-state index in [1.54, 1.807) is 0 Å². The molecule has 0 aromatic heterocycles. The molecule has 4 nitrogen and oxygen atoms in total. The molecule has 2 rings (SSSR count). The fourth-order valence-electron chi connectivity index (χ4n) is 2.58. The van der Waals surface area contributed by atoms with Crippen molar-refractivity contribution >= 4 is 6.09 Å². The lowest BCUT2D eigenvalue weighted by Crippen LogP contribution is -2.40. The van der Waals surface area contributed by atoms with E-state index < -0.39 is 0 Å². The van der Waals surface area contributed by atoms with Crippen LogP contribution in [0.5, 0.6) is 0 Å². The summed E-state index contributed by atoms with van der Waals surface area (Å²) in [6.45, 7) is 3.34. The van der Waals surface area contributed by atoms with Crippen molar-refractivity contribution in [1.29, 1.82) is 0 Å². The van der Waals surface area contributed by atoms with Crippen LogP contribution >= 0.6 is 0 Å². The van der Waals surface area contributed by atoms with Gasteiger partial charge in [0.25, 0.3) is 0 Å². The van der Waals surface area contributed by atoms with Gasteiger partial charge in [-0.25, -0.2) is 4.79 Å². The lowest BCUT2D eigenvalue weighted by Gasteiger charge is -2.25. The van der Waals surface area contributed by atoms with E-state index in [1.165, 1.54) is 25.7 Å². The highest BCUT2D eigenvalue weighted by atomic mass is 16.6. The highest BCUT2D eigenvalue weighted by Gasteiger charge is 2.19. The zero-order chi connectivity index (χ0) is 11.9. The quantitative estimate of drug-likeness (QED) is 0.804. The zero-order valence-corrected chi connectivity index (χ0v) is 10.6. The van der Waals surface area contributed by atoms with E-state index in [0.29, 0.717) is 12.6 Å². The number of ether oxygens (including phenoxy) is 1. The van der Waals surface area contributed by atoms with Gasteiger partial charge in [-0.1, -0.05) is 19.3 Å². The molecule has 0 aromatic carbocycles.